The van der Waals surface area contributed by atoms with Crippen LogP contribution in [0.2, 0.25) is 0 Å². The molecule has 4 aliphatic rings. The summed E-state index contributed by atoms with van der Waals surface area (Å²) in [5.41, 5.74) is 5.21. The number of piperazine rings is 1. The number of hydrogen-bond donors (Lipinski definition) is 1. The summed E-state index contributed by atoms with van der Waals surface area (Å²) in [6.07, 6.45) is 0.915. The maximum absolute atomic E-state index is 13.7. The summed E-state index contributed by atoms with van der Waals surface area (Å²) >= 11 is 0. The molecule has 0 bridgehead atoms. The van der Waals surface area contributed by atoms with E-state index in [1.807, 2.05) is 50.2 Å². The fourth-order valence-corrected chi connectivity index (χ4v) is 10.3. The number of Topliss-reactive ketones (excluding diaryl/α,β-unsaturated/α-hetero) is 3. The van der Waals surface area contributed by atoms with Gasteiger partial charge in [0.15, 0.2) is 11.6 Å². The van der Waals surface area contributed by atoms with Crippen molar-refractivity contribution in [1.29, 1.82) is 5.26 Å². The summed E-state index contributed by atoms with van der Waals surface area (Å²) in [5.74, 6) is 0.780. The van der Waals surface area contributed by atoms with Crippen molar-refractivity contribution < 1.29 is 33.4 Å². The first kappa shape index (κ1) is 42.9. The molecular formula is C48H59N5O7. The van der Waals surface area contributed by atoms with E-state index in [1.54, 1.807) is 6.07 Å². The summed E-state index contributed by atoms with van der Waals surface area (Å²) in [6.45, 7) is 19.0. The maximum Gasteiger partial charge on any atom is 0.255 e. The van der Waals surface area contributed by atoms with Crippen molar-refractivity contribution in [2.75, 3.05) is 69.3 Å². The van der Waals surface area contributed by atoms with E-state index in [4.69, 9.17) is 14.2 Å². The molecule has 0 spiro atoms. The van der Waals surface area contributed by atoms with E-state index in [9.17, 15) is 24.4 Å². The average molecular weight is 818 g/mol. The van der Waals surface area contributed by atoms with Crippen LogP contribution in [0.1, 0.15) is 90.8 Å². The zero-order valence-electron chi connectivity index (χ0n) is 36.1. The van der Waals surface area contributed by atoms with Crippen molar-refractivity contribution in [2.24, 2.45) is 16.7 Å². The highest BCUT2D eigenvalue weighted by molar-refractivity contribution is 6.07. The Balaban J connectivity index is 0.887. The molecule has 60 heavy (non-hydrogen) atoms. The number of carbonyl (C=O) groups is 4. The van der Waals surface area contributed by atoms with Crippen LogP contribution >= 0.6 is 0 Å². The van der Waals surface area contributed by atoms with Crippen molar-refractivity contribution in [3.63, 3.8) is 0 Å². The molecule has 0 radical (unpaired) electrons. The number of amides is 1. The molecule has 2 aliphatic heterocycles. The second-order valence-corrected chi connectivity index (χ2v) is 18.3. The smallest absolute Gasteiger partial charge is 0.255 e. The van der Waals surface area contributed by atoms with Gasteiger partial charge < -0.3 is 29.3 Å². The van der Waals surface area contributed by atoms with Gasteiger partial charge in [-0.1, -0.05) is 27.7 Å². The van der Waals surface area contributed by atoms with E-state index in [1.165, 1.54) is 7.11 Å². The molecule has 318 valence electrons. The third-order valence-corrected chi connectivity index (χ3v) is 13.5. The molecule has 2 saturated carbocycles. The Hall–Kier alpha value is -5.25. The normalized spacial score (nSPS) is 24.0. The summed E-state index contributed by atoms with van der Waals surface area (Å²) in [4.78, 5) is 57.7. The van der Waals surface area contributed by atoms with Crippen LogP contribution in [-0.4, -0.2) is 106 Å². The molecule has 1 N–H and O–H groups in total. The Morgan fingerprint density at radius 2 is 1.57 bits per heavy atom. The third-order valence-electron chi connectivity index (χ3n) is 13.5. The number of methoxy groups -OCH3 is 1. The third kappa shape index (κ3) is 8.79. The van der Waals surface area contributed by atoms with Gasteiger partial charge in [0, 0.05) is 92.5 Å². The van der Waals surface area contributed by atoms with Crippen molar-refractivity contribution in [2.45, 2.75) is 85.5 Å². The van der Waals surface area contributed by atoms with E-state index >= 15 is 0 Å². The van der Waals surface area contributed by atoms with Gasteiger partial charge in [-0.3, -0.25) is 24.1 Å². The SMILES string of the molecule is COc1cc(N2CCN(C[C@H]3CN(c4ccc(C(=O)CC5C(C)(C)C(Oc6cc(C)c(C#N)c(C)c6)C5(C)C)cc4)CCO3)CC2)ccc1C(=O)NC1CCC(=O)CC1=O. The predicted molar refractivity (Wildman–Crippen MR) is 230 cm³/mol. The van der Waals surface area contributed by atoms with Crippen molar-refractivity contribution in [1.82, 2.24) is 10.2 Å². The largest absolute Gasteiger partial charge is 0.496 e. The van der Waals surface area contributed by atoms with Gasteiger partial charge in [-0.05, 0) is 85.8 Å². The van der Waals surface area contributed by atoms with Crippen LogP contribution in [0.5, 0.6) is 11.5 Å². The van der Waals surface area contributed by atoms with E-state index in [2.05, 4.69) is 65.9 Å². The Labute approximate surface area is 354 Å². The number of ketones is 3. The van der Waals surface area contributed by atoms with Crippen LogP contribution in [0.4, 0.5) is 11.4 Å². The number of ether oxygens (including phenoxy) is 3. The number of anilines is 2. The zero-order chi connectivity index (χ0) is 42.9. The van der Waals surface area contributed by atoms with Crippen LogP contribution < -0.4 is 24.6 Å². The minimum absolute atomic E-state index is 0.0500. The van der Waals surface area contributed by atoms with Crippen LogP contribution in [0.3, 0.4) is 0 Å². The minimum Gasteiger partial charge on any atom is -0.496 e. The molecule has 1 unspecified atom stereocenters. The van der Waals surface area contributed by atoms with Crippen LogP contribution in [0, 0.1) is 41.9 Å². The lowest BCUT2D eigenvalue weighted by atomic mass is 9.44. The van der Waals surface area contributed by atoms with E-state index in [-0.39, 0.29) is 58.6 Å². The Morgan fingerprint density at radius 1 is 0.900 bits per heavy atom. The first-order chi connectivity index (χ1) is 28.6. The van der Waals surface area contributed by atoms with Gasteiger partial charge in [-0.25, -0.2) is 0 Å². The number of hydrogen-bond acceptors (Lipinski definition) is 11. The second kappa shape index (κ2) is 17.4. The molecule has 0 aromatic heterocycles. The number of nitriles is 1. The van der Waals surface area contributed by atoms with Gasteiger partial charge in [-0.15, -0.1) is 0 Å². The van der Waals surface area contributed by atoms with Gasteiger partial charge in [0.2, 0.25) is 0 Å². The van der Waals surface area contributed by atoms with E-state index in [0.29, 0.717) is 42.7 Å². The molecule has 12 heteroatoms. The van der Waals surface area contributed by atoms with Gasteiger partial charge >= 0.3 is 0 Å². The van der Waals surface area contributed by atoms with Gasteiger partial charge in [-0.2, -0.15) is 5.26 Å². The molecule has 2 saturated heterocycles. The topological polar surface area (TPSA) is 142 Å². The first-order valence-electron chi connectivity index (χ1n) is 21.3. The molecule has 2 heterocycles. The van der Waals surface area contributed by atoms with Crippen LogP contribution in [-0.2, 0) is 14.3 Å². The number of nitrogens with zero attached hydrogens (tertiary/aromatic N) is 4. The Morgan fingerprint density at radius 3 is 2.20 bits per heavy atom. The molecule has 2 atom stereocenters. The minimum atomic E-state index is -0.652. The number of carbonyl (C=O) groups excluding carboxylic acids is 4. The quantitative estimate of drug-likeness (QED) is 0.162. The van der Waals surface area contributed by atoms with E-state index in [0.717, 1.165) is 79.6 Å². The fourth-order valence-electron chi connectivity index (χ4n) is 10.3. The average Bonchev–Trinajstić information content (AvgIpc) is 3.22. The highest BCUT2D eigenvalue weighted by Gasteiger charge is 2.63. The molecular weight excluding hydrogens is 759 g/mol. The monoisotopic (exact) mass is 817 g/mol. The highest BCUT2D eigenvalue weighted by Crippen LogP contribution is 2.61. The summed E-state index contributed by atoms with van der Waals surface area (Å²) in [7, 11) is 1.53. The number of aryl methyl sites for hydroxylation is 2. The number of benzene rings is 3. The van der Waals surface area contributed by atoms with Gasteiger partial charge in [0.05, 0.1) is 49.5 Å². The molecule has 3 aromatic rings. The summed E-state index contributed by atoms with van der Waals surface area (Å²) < 4.78 is 18.4. The molecule has 2 aliphatic carbocycles. The van der Waals surface area contributed by atoms with Crippen molar-refractivity contribution in [3.05, 3.63) is 82.4 Å². The lowest BCUT2D eigenvalue weighted by molar-refractivity contribution is -0.196. The molecule has 4 fully saturated rings. The Kier molecular flexibility index (Phi) is 12.4. The lowest BCUT2D eigenvalue weighted by Crippen LogP contribution is -2.66. The van der Waals surface area contributed by atoms with Gasteiger partial charge in [0.1, 0.15) is 23.4 Å². The van der Waals surface area contributed by atoms with Crippen molar-refractivity contribution in [3.8, 4) is 17.6 Å². The molecule has 7 rings (SSSR count). The fraction of sp³-hybridized carbons (Fsp3) is 0.521. The van der Waals surface area contributed by atoms with Crippen molar-refractivity contribution >= 4 is 34.6 Å². The predicted octanol–water partition coefficient (Wildman–Crippen LogP) is 6.33. The standard InChI is InChI=1S/C48H59N5O7/c1-30-22-36(23-31(2)39(30)27-49)60-46-47(3,4)44(48(46,5)6)26-41(55)32-8-10-33(11-9-32)53-20-21-59-37(29-53)28-51-16-18-52(19-17-51)34-12-14-38(43(24-34)58-7)45(57)50-40-15-13-35(54)25-42(40)56/h8-12,14,22-24,37,40,44,46H,13,15-21,25-26,28-29H2,1-7H3,(H,50,57)/t37-,40?,44?,46?/m0/s1. The summed E-state index contributed by atoms with van der Waals surface area (Å²) in [6, 6.07) is 19.1. The number of rotatable bonds is 12. The molecule has 3 aromatic carbocycles. The van der Waals surface area contributed by atoms with Crippen LogP contribution in [0.15, 0.2) is 54.6 Å². The summed E-state index contributed by atoms with van der Waals surface area (Å²) in [5, 5.41) is 12.3. The molecule has 12 nitrogen and oxygen atoms in total. The second-order valence-electron chi connectivity index (χ2n) is 18.3. The highest BCUT2D eigenvalue weighted by atomic mass is 16.5. The van der Waals surface area contributed by atoms with Crippen LogP contribution in [0.25, 0.3) is 0 Å². The lowest BCUT2D eigenvalue weighted by Gasteiger charge is -2.63. The zero-order valence-corrected chi connectivity index (χ0v) is 36.1. The maximum atomic E-state index is 13.7. The number of morpholine rings is 1. The molecule has 1 amide bonds. The Bertz CT molecular complexity index is 2130. The van der Waals surface area contributed by atoms with E-state index < -0.39 is 6.04 Å². The number of nitrogens with one attached hydrogen (secondary N) is 1. The first-order valence-corrected chi connectivity index (χ1v) is 21.3. The van der Waals surface area contributed by atoms with Gasteiger partial charge in [0.25, 0.3) is 5.91 Å².